The summed E-state index contributed by atoms with van der Waals surface area (Å²) in [6.07, 6.45) is 0. The number of nitrogens with one attached hydrogen (secondary N) is 1. The molecule has 3 rings (SSSR count). The molecule has 1 fully saturated rings. The molecule has 0 atom stereocenters. The van der Waals surface area contributed by atoms with Crippen molar-refractivity contribution in [2.45, 2.75) is 13.5 Å². The molecular weight excluding hydrogens is 316 g/mol. The first-order valence-corrected chi connectivity index (χ1v) is 8.58. The summed E-state index contributed by atoms with van der Waals surface area (Å²) in [6, 6.07) is 15.6. The van der Waals surface area contributed by atoms with Gasteiger partial charge in [-0.25, -0.2) is 0 Å². The molecule has 1 amide bonds. The number of para-hydroxylation sites is 1. The number of amides is 1. The van der Waals surface area contributed by atoms with E-state index in [1.165, 1.54) is 5.56 Å². The number of hydrogen-bond donors (Lipinski definition) is 1. The van der Waals surface area contributed by atoms with E-state index in [1.54, 1.807) is 0 Å². The number of aryl methyl sites for hydroxylation is 1. The average molecular weight is 340 g/mol. The second-order valence-electron chi connectivity index (χ2n) is 6.19. The standard InChI is InChI=1S/C20H24N2O3/c1-16-4-2-3-5-19(16)25-15-20(23)21-18-8-6-17(7-9-18)14-22-10-12-24-13-11-22/h2-9H,10-15H2,1H3,(H,21,23). The minimum Gasteiger partial charge on any atom is -0.483 e. The van der Waals surface area contributed by atoms with Gasteiger partial charge in [0, 0.05) is 25.3 Å². The minimum absolute atomic E-state index is 0.000380. The van der Waals surface area contributed by atoms with Crippen LogP contribution in [0.4, 0.5) is 5.69 Å². The van der Waals surface area contributed by atoms with E-state index in [-0.39, 0.29) is 12.5 Å². The van der Waals surface area contributed by atoms with E-state index in [1.807, 2.05) is 55.5 Å². The van der Waals surface area contributed by atoms with Gasteiger partial charge >= 0.3 is 0 Å². The van der Waals surface area contributed by atoms with Crippen molar-refractivity contribution in [1.82, 2.24) is 4.90 Å². The molecule has 0 saturated carbocycles. The quantitative estimate of drug-likeness (QED) is 0.878. The number of anilines is 1. The van der Waals surface area contributed by atoms with Crippen LogP contribution in [0.3, 0.4) is 0 Å². The molecule has 132 valence electrons. The van der Waals surface area contributed by atoms with Crippen LogP contribution in [-0.2, 0) is 16.1 Å². The van der Waals surface area contributed by atoms with Gasteiger partial charge in [0.05, 0.1) is 13.2 Å². The number of nitrogens with zero attached hydrogens (tertiary/aromatic N) is 1. The zero-order valence-electron chi connectivity index (χ0n) is 14.5. The smallest absolute Gasteiger partial charge is 0.262 e. The Kier molecular flexibility index (Phi) is 6.04. The van der Waals surface area contributed by atoms with E-state index in [0.29, 0.717) is 0 Å². The maximum atomic E-state index is 12.0. The lowest BCUT2D eigenvalue weighted by atomic mass is 10.2. The zero-order chi connectivity index (χ0) is 17.5. The molecule has 1 saturated heterocycles. The van der Waals surface area contributed by atoms with Gasteiger partial charge in [-0.1, -0.05) is 30.3 Å². The Balaban J connectivity index is 1.47. The third-order valence-corrected chi connectivity index (χ3v) is 4.20. The Morgan fingerprint density at radius 2 is 1.84 bits per heavy atom. The van der Waals surface area contributed by atoms with Crippen LogP contribution in [-0.4, -0.2) is 43.7 Å². The Morgan fingerprint density at radius 3 is 2.56 bits per heavy atom. The molecule has 0 bridgehead atoms. The van der Waals surface area contributed by atoms with Crippen LogP contribution in [0, 0.1) is 6.92 Å². The predicted molar refractivity (Wildman–Crippen MR) is 97.8 cm³/mol. The van der Waals surface area contributed by atoms with E-state index < -0.39 is 0 Å². The molecule has 1 aliphatic heterocycles. The first-order chi connectivity index (χ1) is 12.2. The second kappa shape index (κ2) is 8.65. The van der Waals surface area contributed by atoms with Crippen LogP contribution >= 0.6 is 0 Å². The van der Waals surface area contributed by atoms with Gasteiger partial charge in [0.25, 0.3) is 5.91 Å². The number of morpholine rings is 1. The molecular formula is C20H24N2O3. The highest BCUT2D eigenvalue weighted by atomic mass is 16.5. The van der Waals surface area contributed by atoms with E-state index >= 15 is 0 Å². The van der Waals surface area contributed by atoms with E-state index in [0.717, 1.165) is 49.8 Å². The second-order valence-corrected chi connectivity index (χ2v) is 6.19. The normalized spacial score (nSPS) is 14.9. The Hall–Kier alpha value is -2.37. The number of carbonyl (C=O) groups excluding carboxylic acids is 1. The molecule has 0 unspecified atom stereocenters. The number of hydrogen-bond acceptors (Lipinski definition) is 4. The summed E-state index contributed by atoms with van der Waals surface area (Å²) < 4.78 is 10.9. The van der Waals surface area contributed by atoms with E-state index in [2.05, 4.69) is 10.2 Å². The molecule has 1 heterocycles. The summed E-state index contributed by atoms with van der Waals surface area (Å²) in [5.74, 6) is 0.572. The average Bonchev–Trinajstić information content (AvgIpc) is 2.64. The molecule has 1 N–H and O–H groups in total. The van der Waals surface area contributed by atoms with Crippen molar-refractivity contribution in [3.05, 3.63) is 59.7 Å². The van der Waals surface area contributed by atoms with Crippen molar-refractivity contribution in [2.24, 2.45) is 0 Å². The van der Waals surface area contributed by atoms with Crippen molar-refractivity contribution in [3.8, 4) is 5.75 Å². The third-order valence-electron chi connectivity index (χ3n) is 4.20. The maximum absolute atomic E-state index is 12.0. The molecule has 25 heavy (non-hydrogen) atoms. The number of benzene rings is 2. The van der Waals surface area contributed by atoms with Crippen LogP contribution in [0.1, 0.15) is 11.1 Å². The highest BCUT2D eigenvalue weighted by Crippen LogP contribution is 2.16. The lowest BCUT2D eigenvalue weighted by Crippen LogP contribution is -2.35. The summed E-state index contributed by atoms with van der Waals surface area (Å²) in [5.41, 5.74) is 3.03. The van der Waals surface area contributed by atoms with Crippen molar-refractivity contribution < 1.29 is 14.3 Å². The van der Waals surface area contributed by atoms with Crippen molar-refractivity contribution >= 4 is 11.6 Å². The van der Waals surface area contributed by atoms with Crippen LogP contribution in [0.2, 0.25) is 0 Å². The Bertz CT molecular complexity index is 694. The largest absolute Gasteiger partial charge is 0.483 e. The van der Waals surface area contributed by atoms with Gasteiger partial charge < -0.3 is 14.8 Å². The molecule has 0 spiro atoms. The van der Waals surface area contributed by atoms with Gasteiger partial charge in [0.15, 0.2) is 6.61 Å². The number of ether oxygens (including phenoxy) is 2. The van der Waals surface area contributed by atoms with Gasteiger partial charge in [-0.15, -0.1) is 0 Å². The summed E-state index contributed by atoms with van der Waals surface area (Å²) in [5, 5.41) is 2.86. The molecule has 0 radical (unpaired) electrons. The summed E-state index contributed by atoms with van der Waals surface area (Å²) in [6.45, 7) is 6.41. The van der Waals surface area contributed by atoms with E-state index in [4.69, 9.17) is 9.47 Å². The van der Waals surface area contributed by atoms with Gasteiger partial charge in [-0.2, -0.15) is 0 Å². The monoisotopic (exact) mass is 340 g/mol. The van der Waals surface area contributed by atoms with Crippen molar-refractivity contribution in [2.75, 3.05) is 38.2 Å². The van der Waals surface area contributed by atoms with Gasteiger partial charge in [-0.3, -0.25) is 9.69 Å². The summed E-state index contributed by atoms with van der Waals surface area (Å²) in [4.78, 5) is 14.4. The fourth-order valence-corrected chi connectivity index (χ4v) is 2.77. The number of carbonyl (C=O) groups is 1. The highest BCUT2D eigenvalue weighted by Gasteiger charge is 2.11. The van der Waals surface area contributed by atoms with Crippen LogP contribution in [0.25, 0.3) is 0 Å². The lowest BCUT2D eigenvalue weighted by molar-refractivity contribution is -0.118. The first-order valence-electron chi connectivity index (χ1n) is 8.58. The molecule has 1 aliphatic rings. The van der Waals surface area contributed by atoms with E-state index in [9.17, 15) is 4.79 Å². The molecule has 0 aliphatic carbocycles. The van der Waals surface area contributed by atoms with Crippen molar-refractivity contribution in [1.29, 1.82) is 0 Å². The first kappa shape index (κ1) is 17.5. The Morgan fingerprint density at radius 1 is 1.12 bits per heavy atom. The van der Waals surface area contributed by atoms with Crippen molar-refractivity contribution in [3.63, 3.8) is 0 Å². The predicted octanol–water partition coefficient (Wildman–Crippen LogP) is 2.84. The summed E-state index contributed by atoms with van der Waals surface area (Å²) in [7, 11) is 0. The van der Waals surface area contributed by atoms with Gasteiger partial charge in [0.1, 0.15) is 5.75 Å². The third kappa shape index (κ3) is 5.31. The summed E-state index contributed by atoms with van der Waals surface area (Å²) >= 11 is 0. The lowest BCUT2D eigenvalue weighted by Gasteiger charge is -2.26. The molecule has 0 aromatic heterocycles. The van der Waals surface area contributed by atoms with Crippen LogP contribution in [0.15, 0.2) is 48.5 Å². The number of rotatable bonds is 6. The molecule has 2 aromatic rings. The fourth-order valence-electron chi connectivity index (χ4n) is 2.77. The topological polar surface area (TPSA) is 50.8 Å². The molecule has 5 heteroatoms. The van der Waals surface area contributed by atoms with Gasteiger partial charge in [0.2, 0.25) is 0 Å². The van der Waals surface area contributed by atoms with Crippen LogP contribution in [0.5, 0.6) is 5.75 Å². The molecule has 2 aromatic carbocycles. The van der Waals surface area contributed by atoms with Crippen LogP contribution < -0.4 is 10.1 Å². The zero-order valence-corrected chi connectivity index (χ0v) is 14.5. The fraction of sp³-hybridized carbons (Fsp3) is 0.350. The minimum atomic E-state index is -0.163. The SMILES string of the molecule is Cc1ccccc1OCC(=O)Nc1ccc(CN2CCOCC2)cc1. The Labute approximate surface area is 148 Å². The van der Waals surface area contributed by atoms with Gasteiger partial charge in [-0.05, 0) is 36.2 Å². The highest BCUT2D eigenvalue weighted by molar-refractivity contribution is 5.91. The molecule has 5 nitrogen and oxygen atoms in total. The maximum Gasteiger partial charge on any atom is 0.262 e.